The van der Waals surface area contributed by atoms with Crippen LogP contribution in [-0.4, -0.2) is 16.4 Å². The van der Waals surface area contributed by atoms with Crippen molar-refractivity contribution in [1.29, 1.82) is 5.26 Å². The maximum atomic E-state index is 15.2. The van der Waals surface area contributed by atoms with E-state index in [0.717, 1.165) is 77.4 Å². The van der Waals surface area contributed by atoms with Gasteiger partial charge >= 0.3 is 0 Å². The van der Waals surface area contributed by atoms with Gasteiger partial charge in [0.05, 0.1) is 51.7 Å². The number of hydrogen-bond donors (Lipinski definition) is 0. The molecule has 0 N–H and O–H groups in total. The summed E-state index contributed by atoms with van der Waals surface area (Å²) < 4.78 is 2.11. The molecular formula is C54H34N4O2. The summed E-state index contributed by atoms with van der Waals surface area (Å²) in [4.78, 5) is 34.9. The van der Waals surface area contributed by atoms with Crippen LogP contribution in [0, 0.1) is 31.8 Å². The summed E-state index contributed by atoms with van der Waals surface area (Å²) in [5.74, 6) is -0.779. The molecule has 9 aromatic rings. The number of nitriles is 1. The Kier molecular flexibility index (Phi) is 8.56. The van der Waals surface area contributed by atoms with E-state index in [1.54, 1.807) is 6.07 Å². The highest BCUT2D eigenvalue weighted by Crippen LogP contribution is 2.46. The van der Waals surface area contributed by atoms with Crippen LogP contribution >= 0.6 is 0 Å². The Morgan fingerprint density at radius 3 is 1.72 bits per heavy atom. The van der Waals surface area contributed by atoms with E-state index in [4.69, 9.17) is 6.57 Å². The fourth-order valence-corrected chi connectivity index (χ4v) is 8.93. The molecule has 6 heteroatoms. The van der Waals surface area contributed by atoms with E-state index in [-0.39, 0.29) is 5.91 Å². The molecule has 60 heavy (non-hydrogen) atoms. The van der Waals surface area contributed by atoms with Crippen molar-refractivity contribution in [2.75, 3.05) is 4.90 Å². The van der Waals surface area contributed by atoms with E-state index < -0.39 is 5.91 Å². The lowest BCUT2D eigenvalue weighted by atomic mass is 9.91. The number of aromatic nitrogens is 1. The normalized spacial score (nSPS) is 12.2. The minimum absolute atomic E-state index is 0.329. The van der Waals surface area contributed by atoms with Crippen LogP contribution < -0.4 is 4.90 Å². The number of amides is 2. The molecule has 10 rings (SSSR count). The Balaban J connectivity index is 1.23. The van der Waals surface area contributed by atoms with Crippen LogP contribution in [0.25, 0.3) is 76.8 Å². The Morgan fingerprint density at radius 2 is 1.10 bits per heavy atom. The molecule has 0 atom stereocenters. The SMILES string of the molecule is [C-]#[N+]c1ccc(-c2cccc3c2c2c(-c4ccc(C#N)cc4C)cccc2n3-c2cccc3c2C(=O)N(c2ccc(-c4ccccc4)cc2-c2ccccc2)C3=O)c(C)c1. The molecule has 0 saturated heterocycles. The highest BCUT2D eigenvalue weighted by atomic mass is 16.2. The summed E-state index contributed by atoms with van der Waals surface area (Å²) in [6.45, 7) is 11.7. The Bertz CT molecular complexity index is 3230. The molecule has 6 nitrogen and oxygen atoms in total. The number of carbonyl (C=O) groups is 2. The van der Waals surface area contributed by atoms with Crippen LogP contribution in [0.2, 0.25) is 0 Å². The quantitative estimate of drug-likeness (QED) is 0.125. The zero-order valence-corrected chi connectivity index (χ0v) is 32.8. The molecule has 0 radical (unpaired) electrons. The molecular weight excluding hydrogens is 737 g/mol. The van der Waals surface area contributed by atoms with Crippen LogP contribution in [0.1, 0.15) is 37.4 Å². The zero-order chi connectivity index (χ0) is 41.1. The third kappa shape index (κ3) is 5.62. The second kappa shape index (κ2) is 14.3. The smallest absolute Gasteiger partial charge is 0.268 e. The molecule has 0 unspecified atom stereocenters. The number of hydrogen-bond acceptors (Lipinski definition) is 3. The molecule has 2 amide bonds. The number of carbonyl (C=O) groups excluding carboxylic acids is 2. The largest absolute Gasteiger partial charge is 0.308 e. The third-order valence-corrected chi connectivity index (χ3v) is 11.7. The maximum Gasteiger partial charge on any atom is 0.268 e. The van der Waals surface area contributed by atoms with E-state index in [1.165, 1.54) is 4.90 Å². The Hall–Kier alpha value is -8.32. The molecule has 282 valence electrons. The van der Waals surface area contributed by atoms with E-state index in [0.29, 0.717) is 33.8 Å². The summed E-state index contributed by atoms with van der Waals surface area (Å²) in [5.41, 5.74) is 14.2. The Morgan fingerprint density at radius 1 is 0.500 bits per heavy atom. The second-order valence-electron chi connectivity index (χ2n) is 15.1. The van der Waals surface area contributed by atoms with Gasteiger partial charge < -0.3 is 4.57 Å². The zero-order valence-electron chi connectivity index (χ0n) is 32.8. The number of rotatable bonds is 6. The van der Waals surface area contributed by atoms with E-state index in [9.17, 15) is 10.1 Å². The summed E-state index contributed by atoms with van der Waals surface area (Å²) >= 11 is 0. The van der Waals surface area contributed by atoms with Gasteiger partial charge in [-0.1, -0.05) is 127 Å². The Labute approximate surface area is 347 Å². The maximum absolute atomic E-state index is 15.2. The first-order valence-electron chi connectivity index (χ1n) is 19.7. The monoisotopic (exact) mass is 770 g/mol. The molecule has 8 aromatic carbocycles. The van der Waals surface area contributed by atoms with Crippen LogP contribution in [0.4, 0.5) is 11.4 Å². The molecule has 1 aliphatic rings. The first-order chi connectivity index (χ1) is 29.4. The van der Waals surface area contributed by atoms with Gasteiger partial charge in [-0.2, -0.15) is 5.26 Å². The number of nitrogens with zero attached hydrogens (tertiary/aromatic N) is 4. The minimum atomic E-state index is -0.397. The fraction of sp³-hybridized carbons (Fsp3) is 0.0370. The van der Waals surface area contributed by atoms with Gasteiger partial charge in [0.15, 0.2) is 5.69 Å². The molecule has 1 aliphatic heterocycles. The molecule has 0 spiro atoms. The van der Waals surface area contributed by atoms with Gasteiger partial charge in [-0.3, -0.25) is 9.59 Å². The summed E-state index contributed by atoms with van der Waals surface area (Å²) in [6.07, 6.45) is 0. The lowest BCUT2D eigenvalue weighted by molar-refractivity contribution is 0.0926. The van der Waals surface area contributed by atoms with Gasteiger partial charge in [-0.15, -0.1) is 0 Å². The van der Waals surface area contributed by atoms with Crippen molar-refractivity contribution in [2.24, 2.45) is 0 Å². The molecule has 0 saturated carbocycles. The standard InChI is InChI=1S/C54H34N4O2/c1-33-29-35(32-55)23-26-40(33)42-17-10-20-47-50(42)51-43(41-27-25-39(56-3)30-34(41)2)18-11-21-48(51)57(47)49-22-12-19-44-52(49)54(60)58(53(44)59)46-28-24-38(36-13-6-4-7-14-36)31-45(46)37-15-8-5-9-16-37/h4-31H,1-2H3. The van der Waals surface area contributed by atoms with Crippen molar-refractivity contribution in [3.63, 3.8) is 0 Å². The van der Waals surface area contributed by atoms with Gasteiger partial charge in [-0.05, 0) is 107 Å². The van der Waals surface area contributed by atoms with Crippen LogP contribution in [0.3, 0.4) is 0 Å². The fourth-order valence-electron chi connectivity index (χ4n) is 8.93. The lowest BCUT2D eigenvalue weighted by Crippen LogP contribution is -2.30. The van der Waals surface area contributed by atoms with Gasteiger partial charge in [0.25, 0.3) is 11.8 Å². The number of benzene rings is 8. The second-order valence-corrected chi connectivity index (χ2v) is 15.1. The average Bonchev–Trinajstić information content (AvgIpc) is 3.77. The van der Waals surface area contributed by atoms with Gasteiger partial charge in [-0.25, -0.2) is 9.74 Å². The number of imide groups is 1. The van der Waals surface area contributed by atoms with Crippen LogP contribution in [0.5, 0.6) is 0 Å². The van der Waals surface area contributed by atoms with Crippen molar-refractivity contribution >= 4 is 45.0 Å². The number of aryl methyl sites for hydroxylation is 2. The molecule has 1 aromatic heterocycles. The summed E-state index contributed by atoms with van der Waals surface area (Å²) in [6, 6.07) is 57.5. The summed E-state index contributed by atoms with van der Waals surface area (Å²) in [7, 11) is 0. The van der Waals surface area contributed by atoms with Crippen LogP contribution in [0.15, 0.2) is 170 Å². The summed E-state index contributed by atoms with van der Waals surface area (Å²) in [5, 5.41) is 11.6. The first-order valence-corrected chi connectivity index (χ1v) is 19.7. The van der Waals surface area contributed by atoms with Crippen molar-refractivity contribution in [2.45, 2.75) is 13.8 Å². The van der Waals surface area contributed by atoms with E-state index in [1.807, 2.05) is 147 Å². The molecule has 0 bridgehead atoms. The molecule has 2 heterocycles. The predicted octanol–water partition coefficient (Wildman–Crippen LogP) is 13.3. The van der Waals surface area contributed by atoms with Gasteiger partial charge in [0.2, 0.25) is 0 Å². The van der Waals surface area contributed by atoms with E-state index >= 15 is 4.79 Å². The predicted molar refractivity (Wildman–Crippen MR) is 241 cm³/mol. The highest BCUT2D eigenvalue weighted by molar-refractivity contribution is 6.36. The molecule has 0 fully saturated rings. The molecule has 0 aliphatic carbocycles. The first kappa shape index (κ1) is 36.0. The van der Waals surface area contributed by atoms with Gasteiger partial charge in [0.1, 0.15) is 0 Å². The van der Waals surface area contributed by atoms with Crippen molar-refractivity contribution < 1.29 is 9.59 Å². The number of fused-ring (bicyclic) bond motifs is 4. The van der Waals surface area contributed by atoms with Gasteiger partial charge in [0, 0.05) is 16.3 Å². The van der Waals surface area contributed by atoms with Crippen molar-refractivity contribution in [3.8, 4) is 56.3 Å². The third-order valence-electron chi connectivity index (χ3n) is 11.7. The lowest BCUT2D eigenvalue weighted by Gasteiger charge is -2.20. The van der Waals surface area contributed by atoms with Crippen LogP contribution in [-0.2, 0) is 0 Å². The highest BCUT2D eigenvalue weighted by Gasteiger charge is 2.40. The minimum Gasteiger partial charge on any atom is -0.308 e. The number of anilines is 1. The average molecular weight is 771 g/mol. The van der Waals surface area contributed by atoms with Crippen molar-refractivity contribution in [3.05, 3.63) is 209 Å². The topological polar surface area (TPSA) is 70.5 Å². The van der Waals surface area contributed by atoms with Crippen molar-refractivity contribution in [1.82, 2.24) is 4.57 Å². The van der Waals surface area contributed by atoms with E-state index in [2.05, 4.69) is 45.8 Å².